The van der Waals surface area contributed by atoms with Gasteiger partial charge in [-0.25, -0.2) is 8.98 Å². The van der Waals surface area contributed by atoms with Crippen molar-refractivity contribution in [1.29, 1.82) is 0 Å². The third-order valence-corrected chi connectivity index (χ3v) is 13.0. The van der Waals surface area contributed by atoms with E-state index in [9.17, 15) is 48.4 Å². The van der Waals surface area contributed by atoms with Gasteiger partial charge in [0.05, 0.1) is 23.9 Å². The van der Waals surface area contributed by atoms with E-state index in [-0.39, 0.29) is 30.6 Å². The van der Waals surface area contributed by atoms with Crippen molar-refractivity contribution in [1.82, 2.24) is 0 Å². The van der Waals surface area contributed by atoms with Gasteiger partial charge in [0.1, 0.15) is 18.3 Å². The molecule has 15 atom stereocenters. The summed E-state index contributed by atoms with van der Waals surface area (Å²) in [5, 5.41) is 63.6. The molecule has 0 aromatic rings. The van der Waals surface area contributed by atoms with Crippen LogP contribution in [0.3, 0.4) is 0 Å². The van der Waals surface area contributed by atoms with Crippen molar-refractivity contribution in [3.63, 3.8) is 0 Å². The van der Waals surface area contributed by atoms with E-state index >= 15 is 0 Å². The van der Waals surface area contributed by atoms with Gasteiger partial charge in [-0.1, -0.05) is 52.2 Å². The SMILES string of the molecule is CC(C)CCC[C@](C)(O)[C@H]1C(O)C[C@H]2[C@@H]3CC(OS(=O)(=O)O)C4C[C@@H](O[C@@H]5O[C@H](C(=O)O)[C@@H](O)[C@H](O)[C@H]5O)CC[C@]4(C)C3=CC[C@@]21C. The highest BCUT2D eigenvalue weighted by Crippen LogP contribution is 2.67. The van der Waals surface area contributed by atoms with Crippen LogP contribution in [0.15, 0.2) is 11.6 Å². The number of aliphatic hydroxyl groups excluding tert-OH is 4. The summed E-state index contributed by atoms with van der Waals surface area (Å²) < 4.78 is 50.9. The molecule has 1 aliphatic heterocycles. The molecule has 1 saturated heterocycles. The Morgan fingerprint density at radius 3 is 2.38 bits per heavy atom. The lowest BCUT2D eigenvalue weighted by Gasteiger charge is -2.59. The number of fused-ring (bicyclic) bond motifs is 5. The fourth-order valence-corrected chi connectivity index (χ4v) is 10.9. The monoisotopic (exact) mass is 690 g/mol. The fraction of sp³-hybridized carbons (Fsp3) is 0.909. The zero-order valence-electron chi connectivity index (χ0n) is 27.9. The molecule has 5 rings (SSSR count). The van der Waals surface area contributed by atoms with Gasteiger partial charge in [-0.2, -0.15) is 8.42 Å². The predicted molar refractivity (Wildman–Crippen MR) is 167 cm³/mol. The molecule has 14 heteroatoms. The number of carbonyl (C=O) groups is 1. The molecule has 5 aliphatic rings. The van der Waals surface area contributed by atoms with Crippen molar-refractivity contribution in [3.8, 4) is 0 Å². The minimum atomic E-state index is -4.86. The average Bonchev–Trinajstić information content (AvgIpc) is 3.23. The molecule has 0 radical (unpaired) electrons. The minimum Gasteiger partial charge on any atom is -0.479 e. The maximum atomic E-state index is 12.2. The Bertz CT molecular complexity index is 1300. The second-order valence-corrected chi connectivity index (χ2v) is 17.1. The second kappa shape index (κ2) is 13.2. The van der Waals surface area contributed by atoms with Crippen LogP contribution < -0.4 is 0 Å². The van der Waals surface area contributed by atoms with Crippen LogP contribution in [0.5, 0.6) is 0 Å². The Morgan fingerprint density at radius 1 is 1.09 bits per heavy atom. The van der Waals surface area contributed by atoms with E-state index in [0.717, 1.165) is 18.4 Å². The Kier molecular flexibility index (Phi) is 10.4. The lowest BCUT2D eigenvalue weighted by atomic mass is 9.47. The predicted octanol–water partition coefficient (Wildman–Crippen LogP) is 2.19. The third kappa shape index (κ3) is 6.93. The zero-order chi connectivity index (χ0) is 34.9. The Balaban J connectivity index is 1.41. The maximum Gasteiger partial charge on any atom is 0.397 e. The van der Waals surface area contributed by atoms with E-state index in [1.165, 1.54) is 0 Å². The van der Waals surface area contributed by atoms with Crippen LogP contribution in [-0.2, 0) is 28.9 Å². The summed E-state index contributed by atoms with van der Waals surface area (Å²) in [6.45, 7) is 10.3. The first-order valence-electron chi connectivity index (χ1n) is 17.0. The Hall–Kier alpha value is -1.20. The zero-order valence-corrected chi connectivity index (χ0v) is 28.8. The van der Waals surface area contributed by atoms with E-state index in [1.807, 2.05) is 13.8 Å². The van der Waals surface area contributed by atoms with Gasteiger partial charge in [-0.05, 0) is 86.4 Å². The van der Waals surface area contributed by atoms with Gasteiger partial charge >= 0.3 is 16.4 Å². The van der Waals surface area contributed by atoms with Gasteiger partial charge in [-0.15, -0.1) is 0 Å². The molecule has 0 spiro atoms. The number of carboxylic acids is 1. The highest BCUT2D eigenvalue weighted by Gasteiger charge is 2.64. The van der Waals surface area contributed by atoms with Crippen molar-refractivity contribution in [2.24, 2.45) is 40.4 Å². The standard InChI is InChI=1S/C33H54O13S/c1-16(2)7-6-10-33(5,40)28-22(34)15-20-18-14-23(46-47(41,42)43)21-13-17(8-11-31(21,3)19(18)9-12-32(20,28)4)44-30-26(37)24(35)25(36)27(45-30)29(38)39/h9,16-18,20-28,30,34-37,40H,6-8,10-15H2,1-5H3,(H,38,39)(H,41,42,43)/t17-,18+,20-,21?,22?,23?,24-,25-,26+,27-,28-,30+,31+,32-,33-/m0/s1. The third-order valence-electron chi connectivity index (χ3n) is 12.5. The molecule has 0 aromatic carbocycles. The summed E-state index contributed by atoms with van der Waals surface area (Å²) >= 11 is 0. The lowest BCUT2D eigenvalue weighted by Crippen LogP contribution is -2.61. The van der Waals surface area contributed by atoms with Crippen LogP contribution in [0.4, 0.5) is 0 Å². The van der Waals surface area contributed by atoms with Crippen molar-refractivity contribution < 1.29 is 62.1 Å². The molecule has 0 bridgehead atoms. The molecule has 0 amide bonds. The van der Waals surface area contributed by atoms with Gasteiger partial charge in [0.2, 0.25) is 0 Å². The van der Waals surface area contributed by atoms with Gasteiger partial charge in [0.15, 0.2) is 12.4 Å². The van der Waals surface area contributed by atoms with E-state index in [1.54, 1.807) is 0 Å². The van der Waals surface area contributed by atoms with E-state index in [4.69, 9.17) is 13.7 Å². The first-order chi connectivity index (χ1) is 21.7. The van der Waals surface area contributed by atoms with Crippen molar-refractivity contribution in [3.05, 3.63) is 11.6 Å². The topological polar surface area (TPSA) is 221 Å². The van der Waals surface area contributed by atoms with Crippen LogP contribution in [-0.4, -0.2) is 104 Å². The quantitative estimate of drug-likeness (QED) is 0.0994. The summed E-state index contributed by atoms with van der Waals surface area (Å²) in [7, 11) is -4.86. The second-order valence-electron chi connectivity index (χ2n) is 16.1. The summed E-state index contributed by atoms with van der Waals surface area (Å²) in [6.07, 6.45) is -4.05. The number of hydrogen-bond acceptors (Lipinski definition) is 11. The van der Waals surface area contributed by atoms with Crippen LogP contribution >= 0.6 is 0 Å². The minimum absolute atomic E-state index is 0.0648. The van der Waals surface area contributed by atoms with E-state index in [0.29, 0.717) is 38.0 Å². The van der Waals surface area contributed by atoms with E-state index in [2.05, 4.69) is 26.8 Å². The number of allylic oxidation sites excluding steroid dienone is 2. The molecular formula is C33H54O13S. The molecule has 3 saturated carbocycles. The number of carboxylic acid groups (broad SMARTS) is 1. The summed E-state index contributed by atoms with van der Waals surface area (Å²) in [6, 6.07) is 0. The molecule has 1 heterocycles. The van der Waals surface area contributed by atoms with Crippen LogP contribution in [0, 0.1) is 40.4 Å². The highest BCUT2D eigenvalue weighted by molar-refractivity contribution is 7.80. The molecule has 270 valence electrons. The highest BCUT2D eigenvalue weighted by atomic mass is 32.3. The van der Waals surface area contributed by atoms with Crippen molar-refractivity contribution >= 4 is 16.4 Å². The van der Waals surface area contributed by atoms with Gasteiger partial charge < -0.3 is 40.1 Å². The van der Waals surface area contributed by atoms with Crippen LogP contribution in [0.2, 0.25) is 0 Å². The number of hydrogen-bond donors (Lipinski definition) is 7. The first-order valence-corrected chi connectivity index (χ1v) is 18.4. The average molecular weight is 691 g/mol. The summed E-state index contributed by atoms with van der Waals surface area (Å²) in [5.74, 6) is -2.11. The molecule has 3 unspecified atom stereocenters. The normalized spacial score (nSPS) is 46.6. The molecule has 0 aromatic heterocycles. The van der Waals surface area contributed by atoms with Crippen LogP contribution in [0.1, 0.15) is 92.4 Å². The first kappa shape index (κ1) is 37.1. The molecule has 7 N–H and O–H groups in total. The summed E-state index contributed by atoms with van der Waals surface area (Å²) in [5.41, 5.74) is -0.988. The number of rotatable bonds is 10. The summed E-state index contributed by atoms with van der Waals surface area (Å²) in [4.78, 5) is 11.6. The molecule has 4 fully saturated rings. The number of aliphatic carboxylic acids is 1. The Labute approximate surface area is 277 Å². The smallest absolute Gasteiger partial charge is 0.397 e. The molecule has 47 heavy (non-hydrogen) atoms. The lowest BCUT2D eigenvalue weighted by molar-refractivity contribution is -0.309. The molecule has 13 nitrogen and oxygen atoms in total. The van der Waals surface area contributed by atoms with Gasteiger partial charge in [0.25, 0.3) is 0 Å². The fourth-order valence-electron chi connectivity index (χ4n) is 10.4. The molecular weight excluding hydrogens is 636 g/mol. The van der Waals surface area contributed by atoms with Crippen LogP contribution in [0.25, 0.3) is 0 Å². The molecule has 4 aliphatic carbocycles. The van der Waals surface area contributed by atoms with Crippen molar-refractivity contribution in [2.75, 3.05) is 0 Å². The van der Waals surface area contributed by atoms with Gasteiger partial charge in [0, 0.05) is 5.92 Å². The van der Waals surface area contributed by atoms with Gasteiger partial charge in [-0.3, -0.25) is 4.55 Å². The number of aliphatic hydroxyl groups is 5. The van der Waals surface area contributed by atoms with Crippen molar-refractivity contribution in [2.45, 2.75) is 147 Å². The number of ether oxygens (including phenoxy) is 2. The van der Waals surface area contributed by atoms with E-state index < -0.39 is 87.7 Å². The maximum absolute atomic E-state index is 12.2. The Morgan fingerprint density at radius 2 is 1.77 bits per heavy atom. The largest absolute Gasteiger partial charge is 0.479 e.